The van der Waals surface area contributed by atoms with Gasteiger partial charge in [0.25, 0.3) is 0 Å². The SMILES string of the molecule is CC1(O)CCCN(c2nccc(CN)n2)C1. The van der Waals surface area contributed by atoms with Crippen LogP contribution in [-0.4, -0.2) is 33.8 Å². The van der Waals surface area contributed by atoms with E-state index in [-0.39, 0.29) is 0 Å². The maximum atomic E-state index is 10.0. The van der Waals surface area contributed by atoms with Crippen LogP contribution < -0.4 is 10.6 Å². The molecule has 0 spiro atoms. The molecule has 1 aliphatic rings. The molecule has 1 atom stereocenters. The molecule has 0 aliphatic carbocycles. The normalized spacial score (nSPS) is 25.8. The zero-order valence-electron chi connectivity index (χ0n) is 9.56. The molecule has 5 nitrogen and oxygen atoms in total. The molecular weight excluding hydrogens is 204 g/mol. The molecule has 1 aliphatic heterocycles. The molecule has 3 N–H and O–H groups in total. The van der Waals surface area contributed by atoms with Crippen LogP contribution in [0.25, 0.3) is 0 Å². The minimum Gasteiger partial charge on any atom is -0.388 e. The number of rotatable bonds is 2. The number of β-amino-alcohol motifs (C(OH)–C–C–N with tert-alkyl or cyclic N) is 1. The highest BCUT2D eigenvalue weighted by atomic mass is 16.3. The van der Waals surface area contributed by atoms with E-state index < -0.39 is 5.60 Å². The number of hydrogen-bond donors (Lipinski definition) is 2. The van der Waals surface area contributed by atoms with Crippen molar-refractivity contribution in [2.24, 2.45) is 5.73 Å². The molecule has 0 bridgehead atoms. The van der Waals surface area contributed by atoms with Crippen molar-refractivity contribution in [3.8, 4) is 0 Å². The summed E-state index contributed by atoms with van der Waals surface area (Å²) < 4.78 is 0. The minimum atomic E-state index is -0.639. The summed E-state index contributed by atoms with van der Waals surface area (Å²) in [4.78, 5) is 10.6. The van der Waals surface area contributed by atoms with E-state index in [0.29, 0.717) is 19.0 Å². The standard InChI is InChI=1S/C11H18N4O/c1-11(16)4-2-6-15(8-11)10-13-5-3-9(7-12)14-10/h3,5,16H,2,4,6-8,12H2,1H3. The molecule has 1 saturated heterocycles. The average molecular weight is 222 g/mol. The maximum Gasteiger partial charge on any atom is 0.225 e. The lowest BCUT2D eigenvalue weighted by molar-refractivity contribution is 0.0444. The first-order chi connectivity index (χ1) is 7.61. The lowest BCUT2D eigenvalue weighted by Crippen LogP contribution is -2.46. The zero-order valence-corrected chi connectivity index (χ0v) is 9.56. The minimum absolute atomic E-state index is 0.416. The van der Waals surface area contributed by atoms with Gasteiger partial charge in [-0.3, -0.25) is 0 Å². The predicted molar refractivity (Wildman–Crippen MR) is 62.0 cm³/mol. The lowest BCUT2D eigenvalue weighted by atomic mass is 9.95. The number of nitrogens with two attached hydrogens (primary N) is 1. The number of hydrogen-bond acceptors (Lipinski definition) is 5. The van der Waals surface area contributed by atoms with Crippen LogP contribution in [0.4, 0.5) is 5.95 Å². The highest BCUT2D eigenvalue weighted by Gasteiger charge is 2.29. The molecule has 88 valence electrons. The topological polar surface area (TPSA) is 75.3 Å². The predicted octanol–water partition coefficient (Wildman–Crippen LogP) is 0.287. The first-order valence-corrected chi connectivity index (χ1v) is 5.60. The number of aromatic nitrogens is 2. The summed E-state index contributed by atoms with van der Waals surface area (Å²) in [5.74, 6) is 0.669. The summed E-state index contributed by atoms with van der Waals surface area (Å²) in [6, 6.07) is 1.81. The molecule has 2 heterocycles. The molecule has 0 radical (unpaired) electrons. The first kappa shape index (κ1) is 11.3. The van der Waals surface area contributed by atoms with Crippen molar-refractivity contribution in [1.29, 1.82) is 0 Å². The monoisotopic (exact) mass is 222 g/mol. The summed E-state index contributed by atoms with van der Waals surface area (Å²) in [7, 11) is 0. The van der Waals surface area contributed by atoms with Crippen LogP contribution in [0.5, 0.6) is 0 Å². The van der Waals surface area contributed by atoms with Crippen LogP contribution in [0.1, 0.15) is 25.5 Å². The second-order valence-corrected chi connectivity index (χ2v) is 4.57. The van der Waals surface area contributed by atoms with Gasteiger partial charge in [-0.2, -0.15) is 0 Å². The van der Waals surface area contributed by atoms with E-state index in [2.05, 4.69) is 9.97 Å². The molecule has 1 aromatic rings. The third kappa shape index (κ3) is 2.48. The Balaban J connectivity index is 2.16. The molecule has 0 aromatic carbocycles. The highest BCUT2D eigenvalue weighted by Crippen LogP contribution is 2.23. The van der Waals surface area contributed by atoms with E-state index >= 15 is 0 Å². The van der Waals surface area contributed by atoms with Crippen molar-refractivity contribution in [2.75, 3.05) is 18.0 Å². The van der Waals surface area contributed by atoms with Crippen molar-refractivity contribution < 1.29 is 5.11 Å². The van der Waals surface area contributed by atoms with E-state index in [1.54, 1.807) is 6.20 Å². The molecule has 2 rings (SSSR count). The summed E-state index contributed by atoms with van der Waals surface area (Å²) in [5, 5.41) is 10.0. The Labute approximate surface area is 95.3 Å². The van der Waals surface area contributed by atoms with Gasteiger partial charge < -0.3 is 15.7 Å². The fourth-order valence-corrected chi connectivity index (χ4v) is 2.04. The quantitative estimate of drug-likeness (QED) is 0.752. The Kier molecular flexibility index (Phi) is 3.07. The first-order valence-electron chi connectivity index (χ1n) is 5.60. The highest BCUT2D eigenvalue weighted by molar-refractivity contribution is 5.32. The van der Waals surface area contributed by atoms with Gasteiger partial charge in [0, 0.05) is 25.8 Å². The molecule has 16 heavy (non-hydrogen) atoms. The Hall–Kier alpha value is -1.20. The van der Waals surface area contributed by atoms with Gasteiger partial charge in [-0.15, -0.1) is 0 Å². The molecule has 5 heteroatoms. The number of nitrogens with zero attached hydrogens (tertiary/aromatic N) is 3. The third-order valence-corrected chi connectivity index (χ3v) is 2.87. The van der Waals surface area contributed by atoms with Crippen LogP contribution in [0.2, 0.25) is 0 Å². The van der Waals surface area contributed by atoms with Gasteiger partial charge in [0.05, 0.1) is 11.3 Å². The van der Waals surface area contributed by atoms with Crippen LogP contribution in [0.3, 0.4) is 0 Å². The van der Waals surface area contributed by atoms with Crippen LogP contribution in [-0.2, 0) is 6.54 Å². The second kappa shape index (κ2) is 4.35. The van der Waals surface area contributed by atoms with Gasteiger partial charge in [0.2, 0.25) is 5.95 Å². The van der Waals surface area contributed by atoms with Gasteiger partial charge in [-0.1, -0.05) is 0 Å². The molecular formula is C11H18N4O. The van der Waals surface area contributed by atoms with Crippen molar-refractivity contribution in [1.82, 2.24) is 9.97 Å². The van der Waals surface area contributed by atoms with E-state index in [9.17, 15) is 5.11 Å². The summed E-state index contributed by atoms with van der Waals surface area (Å²) >= 11 is 0. The average Bonchev–Trinajstić information content (AvgIpc) is 2.28. The number of piperidine rings is 1. The Morgan fingerprint density at radius 3 is 3.12 bits per heavy atom. The molecule has 1 unspecified atom stereocenters. The zero-order chi connectivity index (χ0) is 11.6. The lowest BCUT2D eigenvalue weighted by Gasteiger charge is -2.36. The molecule has 0 amide bonds. The van der Waals surface area contributed by atoms with Crippen molar-refractivity contribution in [3.05, 3.63) is 18.0 Å². The third-order valence-electron chi connectivity index (χ3n) is 2.87. The van der Waals surface area contributed by atoms with Crippen molar-refractivity contribution in [2.45, 2.75) is 31.9 Å². The smallest absolute Gasteiger partial charge is 0.225 e. The van der Waals surface area contributed by atoms with Gasteiger partial charge in [-0.05, 0) is 25.8 Å². The number of anilines is 1. The Bertz CT molecular complexity index is 367. The van der Waals surface area contributed by atoms with E-state index in [0.717, 1.165) is 25.1 Å². The van der Waals surface area contributed by atoms with Gasteiger partial charge >= 0.3 is 0 Å². The Morgan fingerprint density at radius 1 is 1.62 bits per heavy atom. The van der Waals surface area contributed by atoms with Crippen LogP contribution in [0, 0.1) is 0 Å². The largest absolute Gasteiger partial charge is 0.388 e. The second-order valence-electron chi connectivity index (χ2n) is 4.57. The molecule has 1 aromatic heterocycles. The van der Waals surface area contributed by atoms with E-state index in [1.165, 1.54) is 0 Å². The van der Waals surface area contributed by atoms with Gasteiger partial charge in [0.15, 0.2) is 0 Å². The fraction of sp³-hybridized carbons (Fsp3) is 0.636. The molecule has 0 saturated carbocycles. The molecule has 1 fully saturated rings. The summed E-state index contributed by atoms with van der Waals surface area (Å²) in [6.07, 6.45) is 3.51. The van der Waals surface area contributed by atoms with Crippen LogP contribution >= 0.6 is 0 Å². The van der Waals surface area contributed by atoms with Crippen molar-refractivity contribution in [3.63, 3.8) is 0 Å². The van der Waals surface area contributed by atoms with Gasteiger partial charge in [0.1, 0.15) is 0 Å². The maximum absolute atomic E-state index is 10.0. The summed E-state index contributed by atoms with van der Waals surface area (Å²) in [5.41, 5.74) is 5.73. The summed E-state index contributed by atoms with van der Waals surface area (Å²) in [6.45, 7) is 3.75. The van der Waals surface area contributed by atoms with E-state index in [4.69, 9.17) is 5.73 Å². The van der Waals surface area contributed by atoms with Gasteiger partial charge in [-0.25, -0.2) is 9.97 Å². The number of aliphatic hydroxyl groups is 1. The fourth-order valence-electron chi connectivity index (χ4n) is 2.04. The van der Waals surface area contributed by atoms with Crippen LogP contribution in [0.15, 0.2) is 12.3 Å². The van der Waals surface area contributed by atoms with E-state index in [1.807, 2.05) is 17.9 Å². The van der Waals surface area contributed by atoms with Crippen molar-refractivity contribution >= 4 is 5.95 Å². The Morgan fingerprint density at radius 2 is 2.44 bits per heavy atom.